The first kappa shape index (κ1) is 15.1. The largest absolute Gasteiger partial charge is 0.741 e. The van der Waals surface area contributed by atoms with Crippen molar-refractivity contribution < 1.29 is 30.7 Å². The molecule has 1 rings (SSSR count). The van der Waals surface area contributed by atoms with E-state index in [0.717, 1.165) is 5.15 Å². The van der Waals surface area contributed by atoms with E-state index in [2.05, 4.69) is 0 Å². The van der Waals surface area contributed by atoms with Gasteiger partial charge in [-0.1, -0.05) is 0 Å². The minimum absolute atomic E-state index is 0.757. The molecule has 1 aromatic rings. The first-order chi connectivity index (χ1) is 7.05. The lowest BCUT2D eigenvalue weighted by atomic mass is 10.5. The number of hydrogen-bond acceptors (Lipinski definition) is 3. The molecule has 0 atom stereocenters. The Morgan fingerprint density at radius 3 is 2.00 bits per heavy atom. The Kier molecular flexibility index (Phi) is 5.17. The highest BCUT2D eigenvalue weighted by Gasteiger charge is 2.36. The molecular formula is C7H7ClF3NO3S. The molecule has 0 aliphatic carbocycles. The van der Waals surface area contributed by atoms with Crippen molar-refractivity contribution in [2.45, 2.75) is 5.51 Å². The summed E-state index contributed by atoms with van der Waals surface area (Å²) in [5.41, 5.74) is -5.65. The van der Waals surface area contributed by atoms with Crippen LogP contribution < -0.4 is 4.57 Å². The van der Waals surface area contributed by atoms with Crippen LogP contribution in [-0.2, 0) is 17.2 Å². The highest BCUT2D eigenvalue weighted by atomic mass is 35.5. The van der Waals surface area contributed by atoms with Gasteiger partial charge in [-0.05, 0) is 17.7 Å². The smallest absolute Gasteiger partial charge is 0.485 e. The zero-order valence-corrected chi connectivity index (χ0v) is 9.47. The standard InChI is InChI=1S/C6H7ClN.CHF3O3S/c1-8-5-3-2-4-6(8)7;2-1(3,4)8(5,6)7/h2-5H,1H3;(H,5,6,7)/q+1;/p-1. The third-order valence-corrected chi connectivity index (χ3v) is 2.23. The average Bonchev–Trinajstić information content (AvgIpc) is 2.08. The second kappa shape index (κ2) is 5.46. The Hall–Kier alpha value is -0.860. The van der Waals surface area contributed by atoms with Gasteiger partial charge in [-0.15, -0.1) is 0 Å². The highest BCUT2D eigenvalue weighted by Crippen LogP contribution is 2.20. The van der Waals surface area contributed by atoms with E-state index in [9.17, 15) is 13.2 Å². The van der Waals surface area contributed by atoms with E-state index in [1.165, 1.54) is 0 Å². The first-order valence-electron chi connectivity index (χ1n) is 3.68. The first-order valence-corrected chi connectivity index (χ1v) is 5.46. The van der Waals surface area contributed by atoms with Crippen molar-refractivity contribution in [2.75, 3.05) is 0 Å². The van der Waals surface area contributed by atoms with Crippen molar-refractivity contribution in [1.29, 1.82) is 0 Å². The van der Waals surface area contributed by atoms with Crippen molar-refractivity contribution in [3.63, 3.8) is 0 Å². The van der Waals surface area contributed by atoms with Crippen molar-refractivity contribution in [3.8, 4) is 0 Å². The van der Waals surface area contributed by atoms with E-state index in [4.69, 9.17) is 24.6 Å². The lowest BCUT2D eigenvalue weighted by Gasteiger charge is -2.08. The van der Waals surface area contributed by atoms with Gasteiger partial charge in [0.25, 0.3) is 5.15 Å². The number of halogens is 4. The number of nitrogens with zero attached hydrogens (tertiary/aromatic N) is 1. The molecule has 92 valence electrons. The maximum Gasteiger partial charge on any atom is 0.485 e. The molecule has 4 nitrogen and oxygen atoms in total. The second-order valence-electron chi connectivity index (χ2n) is 2.53. The summed E-state index contributed by atoms with van der Waals surface area (Å²) in [5.74, 6) is 0. The van der Waals surface area contributed by atoms with Crippen LogP contribution in [0.2, 0.25) is 5.15 Å². The summed E-state index contributed by atoms with van der Waals surface area (Å²) in [4.78, 5) is 0. The third kappa shape index (κ3) is 5.29. The number of hydrogen-bond donors (Lipinski definition) is 0. The van der Waals surface area contributed by atoms with Crippen LogP contribution in [0.4, 0.5) is 13.2 Å². The summed E-state index contributed by atoms with van der Waals surface area (Å²) >= 11 is 5.67. The van der Waals surface area contributed by atoms with E-state index >= 15 is 0 Å². The third-order valence-electron chi connectivity index (χ3n) is 1.27. The second-order valence-corrected chi connectivity index (χ2v) is 4.29. The molecule has 0 N–H and O–H groups in total. The van der Waals surface area contributed by atoms with E-state index < -0.39 is 15.6 Å². The van der Waals surface area contributed by atoms with E-state index in [1.54, 1.807) is 0 Å². The number of aromatic nitrogens is 1. The van der Waals surface area contributed by atoms with Gasteiger partial charge in [0.2, 0.25) is 0 Å². The minimum Gasteiger partial charge on any atom is -0.741 e. The quantitative estimate of drug-likeness (QED) is 0.310. The van der Waals surface area contributed by atoms with Crippen LogP contribution in [0.25, 0.3) is 0 Å². The molecule has 0 aromatic carbocycles. The highest BCUT2D eigenvalue weighted by molar-refractivity contribution is 7.86. The molecule has 0 aliphatic heterocycles. The molecule has 0 spiro atoms. The van der Waals surface area contributed by atoms with Crippen LogP contribution in [0.5, 0.6) is 0 Å². The number of alkyl halides is 3. The summed E-state index contributed by atoms with van der Waals surface area (Å²) in [6, 6.07) is 5.69. The van der Waals surface area contributed by atoms with Crippen molar-refractivity contribution in [2.24, 2.45) is 7.05 Å². The molecule has 0 amide bonds. The molecule has 1 heterocycles. The van der Waals surface area contributed by atoms with E-state index in [0.29, 0.717) is 0 Å². The normalized spacial score (nSPS) is 11.6. The minimum atomic E-state index is -6.09. The maximum atomic E-state index is 10.7. The average molecular weight is 278 g/mol. The van der Waals surface area contributed by atoms with Crippen molar-refractivity contribution >= 4 is 21.7 Å². The lowest BCUT2D eigenvalue weighted by molar-refractivity contribution is -0.669. The van der Waals surface area contributed by atoms with Crippen LogP contribution in [0, 0.1) is 0 Å². The molecule has 1 aromatic heterocycles. The Bertz CT molecular complexity index is 425. The summed E-state index contributed by atoms with van der Waals surface area (Å²) in [6.45, 7) is 0. The van der Waals surface area contributed by atoms with Gasteiger partial charge in [0.1, 0.15) is 7.05 Å². The Labute approximate surface area is 95.0 Å². The summed E-state index contributed by atoms with van der Waals surface area (Å²) in [5, 5.41) is 0.757. The Morgan fingerprint density at radius 1 is 1.38 bits per heavy atom. The van der Waals surface area contributed by atoms with Crippen LogP contribution >= 0.6 is 11.6 Å². The Balaban J connectivity index is 0.000000281. The predicted molar refractivity (Wildman–Crippen MR) is 48.4 cm³/mol. The van der Waals surface area contributed by atoms with Gasteiger partial charge >= 0.3 is 5.51 Å². The van der Waals surface area contributed by atoms with Gasteiger partial charge in [0.05, 0.1) is 0 Å². The molecule has 16 heavy (non-hydrogen) atoms. The summed E-state index contributed by atoms with van der Waals surface area (Å²) < 4.78 is 60.8. The SMILES string of the molecule is C[n+]1ccccc1Cl.O=S(=O)([O-])C(F)(F)F. The fraction of sp³-hybridized carbons (Fsp3) is 0.286. The molecule has 0 radical (unpaired) electrons. The molecule has 9 heteroatoms. The Morgan fingerprint density at radius 2 is 1.81 bits per heavy atom. The molecular weight excluding hydrogens is 271 g/mol. The molecule has 0 fully saturated rings. The predicted octanol–water partition coefficient (Wildman–Crippen LogP) is 1.22. The van der Waals surface area contributed by atoms with Gasteiger partial charge in [-0.3, -0.25) is 0 Å². The lowest BCUT2D eigenvalue weighted by Crippen LogP contribution is -2.27. The molecule has 0 unspecified atom stereocenters. The molecule has 0 bridgehead atoms. The van der Waals surface area contributed by atoms with Crippen molar-refractivity contribution in [1.82, 2.24) is 0 Å². The number of aryl methyl sites for hydroxylation is 1. The van der Waals surface area contributed by atoms with Gasteiger partial charge in [-0.25, -0.2) is 8.42 Å². The van der Waals surface area contributed by atoms with Crippen LogP contribution in [0.3, 0.4) is 0 Å². The van der Waals surface area contributed by atoms with Gasteiger partial charge < -0.3 is 4.55 Å². The number of pyridine rings is 1. The molecule has 0 saturated carbocycles. The maximum absolute atomic E-state index is 10.7. The van der Waals surface area contributed by atoms with Gasteiger partial charge in [-0.2, -0.15) is 17.7 Å². The zero-order chi connectivity index (χ0) is 13.0. The van der Waals surface area contributed by atoms with Crippen molar-refractivity contribution in [3.05, 3.63) is 29.5 Å². The fourth-order valence-electron chi connectivity index (χ4n) is 0.503. The fourth-order valence-corrected chi connectivity index (χ4v) is 0.632. The van der Waals surface area contributed by atoms with Crippen LogP contribution in [-0.4, -0.2) is 18.5 Å². The van der Waals surface area contributed by atoms with Crippen LogP contribution in [0.1, 0.15) is 0 Å². The summed E-state index contributed by atoms with van der Waals surface area (Å²) in [6.07, 6.45) is 1.91. The monoisotopic (exact) mass is 277 g/mol. The van der Waals surface area contributed by atoms with E-state index in [-0.39, 0.29) is 0 Å². The summed E-state index contributed by atoms with van der Waals surface area (Å²) in [7, 11) is -4.19. The zero-order valence-electron chi connectivity index (χ0n) is 7.90. The topological polar surface area (TPSA) is 61.1 Å². The molecule has 0 aliphatic rings. The van der Waals surface area contributed by atoms with Gasteiger partial charge in [0.15, 0.2) is 16.3 Å². The number of rotatable bonds is 0. The van der Waals surface area contributed by atoms with Gasteiger partial charge in [0, 0.05) is 12.1 Å². The molecule has 0 saturated heterocycles. The van der Waals surface area contributed by atoms with Crippen LogP contribution in [0.15, 0.2) is 24.4 Å². The van der Waals surface area contributed by atoms with E-state index in [1.807, 2.05) is 36.0 Å².